The fraction of sp³-hybridized carbons (Fsp3) is 0.412. The molecule has 116 valence electrons. The second kappa shape index (κ2) is 5.93. The average molecular weight is 299 g/mol. The highest BCUT2D eigenvalue weighted by atomic mass is 16.5. The Bertz CT molecular complexity index is 654. The average Bonchev–Trinajstić information content (AvgIpc) is 2.88. The predicted molar refractivity (Wildman–Crippen MR) is 85.2 cm³/mol. The lowest BCUT2D eigenvalue weighted by Crippen LogP contribution is -2.26. The van der Waals surface area contributed by atoms with Gasteiger partial charge in [0, 0.05) is 17.9 Å². The van der Waals surface area contributed by atoms with Gasteiger partial charge < -0.3 is 14.7 Å². The van der Waals surface area contributed by atoms with Crippen LogP contribution in [0, 0.1) is 13.8 Å². The Morgan fingerprint density at radius 2 is 1.91 bits per heavy atom. The van der Waals surface area contributed by atoms with Crippen molar-refractivity contribution in [3.05, 3.63) is 47.3 Å². The van der Waals surface area contributed by atoms with E-state index in [1.807, 2.05) is 38.1 Å². The van der Waals surface area contributed by atoms with E-state index in [1.54, 1.807) is 7.11 Å². The number of rotatable bonds is 3. The zero-order valence-corrected chi connectivity index (χ0v) is 13.2. The molecule has 1 aliphatic heterocycles. The van der Waals surface area contributed by atoms with Crippen molar-refractivity contribution in [2.45, 2.75) is 32.4 Å². The number of benzene rings is 1. The third-order valence-corrected chi connectivity index (χ3v) is 3.98. The van der Waals surface area contributed by atoms with Gasteiger partial charge in [-0.05, 0) is 44.0 Å². The lowest BCUT2D eigenvalue weighted by Gasteiger charge is -2.25. The van der Waals surface area contributed by atoms with Gasteiger partial charge in [-0.3, -0.25) is 0 Å². The Balaban J connectivity index is 1.98. The third-order valence-electron chi connectivity index (χ3n) is 3.98. The van der Waals surface area contributed by atoms with Crippen molar-refractivity contribution in [2.75, 3.05) is 18.6 Å². The molecule has 2 atom stereocenters. The first-order chi connectivity index (χ1) is 10.6. The van der Waals surface area contributed by atoms with Crippen molar-refractivity contribution in [1.82, 2.24) is 9.97 Å². The van der Waals surface area contributed by atoms with Gasteiger partial charge in [0.2, 0.25) is 5.95 Å². The van der Waals surface area contributed by atoms with E-state index in [4.69, 9.17) is 4.74 Å². The van der Waals surface area contributed by atoms with E-state index in [0.29, 0.717) is 18.9 Å². The number of nitrogens with zero attached hydrogens (tertiary/aromatic N) is 3. The molecule has 1 aromatic carbocycles. The quantitative estimate of drug-likeness (QED) is 0.943. The second-order valence-electron chi connectivity index (χ2n) is 5.79. The molecular weight excluding hydrogens is 278 g/mol. The van der Waals surface area contributed by atoms with E-state index in [0.717, 1.165) is 22.7 Å². The molecule has 0 radical (unpaired) electrons. The predicted octanol–water partition coefficient (Wildman–Crippen LogP) is 2.41. The fourth-order valence-electron chi connectivity index (χ4n) is 3.04. The Labute approximate surface area is 130 Å². The Hall–Kier alpha value is -2.14. The van der Waals surface area contributed by atoms with Crippen LogP contribution in [0.1, 0.15) is 29.4 Å². The van der Waals surface area contributed by atoms with Gasteiger partial charge >= 0.3 is 0 Å². The van der Waals surface area contributed by atoms with Gasteiger partial charge in [-0.15, -0.1) is 0 Å². The highest BCUT2D eigenvalue weighted by molar-refractivity contribution is 5.42. The van der Waals surface area contributed by atoms with Gasteiger partial charge in [0.25, 0.3) is 0 Å². The molecule has 1 fully saturated rings. The molecule has 0 amide bonds. The molecule has 5 nitrogen and oxygen atoms in total. The molecule has 0 bridgehead atoms. The monoisotopic (exact) mass is 299 g/mol. The lowest BCUT2D eigenvalue weighted by molar-refractivity contribution is 0.194. The molecule has 2 heterocycles. The lowest BCUT2D eigenvalue weighted by atomic mass is 10.0. The van der Waals surface area contributed by atoms with Crippen LogP contribution in [0.2, 0.25) is 0 Å². The molecule has 0 spiro atoms. The first kappa shape index (κ1) is 14.8. The summed E-state index contributed by atoms with van der Waals surface area (Å²) in [6.07, 6.45) is 0.296. The van der Waals surface area contributed by atoms with Crippen LogP contribution in [0.15, 0.2) is 30.3 Å². The van der Waals surface area contributed by atoms with Crippen molar-refractivity contribution < 1.29 is 9.84 Å². The van der Waals surface area contributed by atoms with E-state index < -0.39 is 0 Å². The van der Waals surface area contributed by atoms with Crippen LogP contribution in [0.4, 0.5) is 5.95 Å². The van der Waals surface area contributed by atoms with Crippen molar-refractivity contribution in [2.24, 2.45) is 0 Å². The van der Waals surface area contributed by atoms with E-state index in [1.165, 1.54) is 0 Å². The van der Waals surface area contributed by atoms with Gasteiger partial charge in [-0.25, -0.2) is 9.97 Å². The van der Waals surface area contributed by atoms with Crippen LogP contribution in [0.25, 0.3) is 0 Å². The third kappa shape index (κ3) is 2.90. The molecular formula is C17H21N3O2. The summed E-state index contributed by atoms with van der Waals surface area (Å²) < 4.78 is 5.31. The molecule has 3 rings (SSSR count). The minimum Gasteiger partial charge on any atom is -0.497 e. The van der Waals surface area contributed by atoms with Crippen LogP contribution in [0.5, 0.6) is 5.75 Å². The highest BCUT2D eigenvalue weighted by Crippen LogP contribution is 2.35. The fourth-order valence-corrected chi connectivity index (χ4v) is 3.04. The molecule has 1 aromatic heterocycles. The molecule has 1 saturated heterocycles. The van der Waals surface area contributed by atoms with Gasteiger partial charge in [-0.2, -0.15) is 0 Å². The number of aliphatic hydroxyl groups is 1. The van der Waals surface area contributed by atoms with Gasteiger partial charge in [0.05, 0.1) is 19.3 Å². The summed E-state index contributed by atoms with van der Waals surface area (Å²) in [6.45, 7) is 4.47. The standard InChI is InChI=1S/C17H21N3O2/c1-11-7-12(2)19-17(18-11)20-10-14(21)9-16(20)13-5-4-6-15(8-13)22-3/h4-8,14,16,21H,9-10H2,1-3H3. The smallest absolute Gasteiger partial charge is 0.226 e. The summed E-state index contributed by atoms with van der Waals surface area (Å²) in [6, 6.07) is 9.98. The van der Waals surface area contributed by atoms with Gasteiger partial charge in [-0.1, -0.05) is 12.1 Å². The normalized spacial score (nSPS) is 21.2. The van der Waals surface area contributed by atoms with Crippen LogP contribution in [0.3, 0.4) is 0 Å². The summed E-state index contributed by atoms with van der Waals surface area (Å²) in [4.78, 5) is 11.2. The Morgan fingerprint density at radius 3 is 2.59 bits per heavy atom. The molecule has 1 aliphatic rings. The molecule has 22 heavy (non-hydrogen) atoms. The van der Waals surface area contributed by atoms with Crippen LogP contribution < -0.4 is 9.64 Å². The number of aromatic nitrogens is 2. The zero-order valence-electron chi connectivity index (χ0n) is 13.2. The van der Waals surface area contributed by atoms with Crippen molar-refractivity contribution >= 4 is 5.95 Å². The summed E-state index contributed by atoms with van der Waals surface area (Å²) in [5.41, 5.74) is 2.99. The summed E-state index contributed by atoms with van der Waals surface area (Å²) >= 11 is 0. The maximum Gasteiger partial charge on any atom is 0.226 e. The Kier molecular flexibility index (Phi) is 3.98. The number of aryl methyl sites for hydroxylation is 2. The molecule has 2 aromatic rings. The maximum atomic E-state index is 10.1. The molecule has 1 N–H and O–H groups in total. The number of hydrogen-bond acceptors (Lipinski definition) is 5. The van der Waals surface area contributed by atoms with Crippen LogP contribution in [-0.2, 0) is 0 Å². The van der Waals surface area contributed by atoms with Crippen LogP contribution >= 0.6 is 0 Å². The first-order valence-electron chi connectivity index (χ1n) is 7.48. The molecule has 0 saturated carbocycles. The van der Waals surface area contributed by atoms with Crippen molar-refractivity contribution in [1.29, 1.82) is 0 Å². The molecule has 5 heteroatoms. The number of anilines is 1. The number of aliphatic hydroxyl groups excluding tert-OH is 1. The van der Waals surface area contributed by atoms with E-state index >= 15 is 0 Å². The molecule has 2 unspecified atom stereocenters. The summed E-state index contributed by atoms with van der Waals surface area (Å²) in [7, 11) is 1.66. The van der Waals surface area contributed by atoms with Gasteiger partial charge in [0.15, 0.2) is 0 Å². The minimum atomic E-state index is -0.374. The second-order valence-corrected chi connectivity index (χ2v) is 5.79. The van der Waals surface area contributed by atoms with E-state index in [2.05, 4.69) is 20.9 Å². The molecule has 0 aliphatic carbocycles. The maximum absolute atomic E-state index is 10.1. The van der Waals surface area contributed by atoms with E-state index in [9.17, 15) is 5.11 Å². The van der Waals surface area contributed by atoms with Gasteiger partial charge in [0.1, 0.15) is 5.75 Å². The topological polar surface area (TPSA) is 58.5 Å². The van der Waals surface area contributed by atoms with E-state index in [-0.39, 0.29) is 12.1 Å². The zero-order chi connectivity index (χ0) is 15.7. The number of ether oxygens (including phenoxy) is 1. The van der Waals surface area contributed by atoms with Crippen molar-refractivity contribution in [3.8, 4) is 5.75 Å². The minimum absolute atomic E-state index is 0.0614. The van der Waals surface area contributed by atoms with Crippen LogP contribution in [-0.4, -0.2) is 34.8 Å². The SMILES string of the molecule is COc1cccc(C2CC(O)CN2c2nc(C)cc(C)n2)c1. The largest absolute Gasteiger partial charge is 0.497 e. The number of methoxy groups -OCH3 is 1. The number of β-amino-alcohol motifs (C(OH)–C–C–N with tert-alkyl or cyclic N) is 1. The summed E-state index contributed by atoms with van der Waals surface area (Å²) in [5, 5.41) is 10.1. The first-order valence-corrected chi connectivity index (χ1v) is 7.48. The summed E-state index contributed by atoms with van der Waals surface area (Å²) in [5.74, 6) is 1.50. The van der Waals surface area contributed by atoms with Crippen molar-refractivity contribution in [3.63, 3.8) is 0 Å². The number of hydrogen-bond donors (Lipinski definition) is 1. The highest BCUT2D eigenvalue weighted by Gasteiger charge is 2.34. The Morgan fingerprint density at radius 1 is 1.18 bits per heavy atom.